The third-order valence-electron chi connectivity index (χ3n) is 5.67. The van der Waals surface area contributed by atoms with Crippen molar-refractivity contribution in [1.29, 1.82) is 0 Å². The van der Waals surface area contributed by atoms with Gasteiger partial charge >= 0.3 is 0 Å². The molecule has 1 unspecified atom stereocenters. The van der Waals surface area contributed by atoms with E-state index >= 15 is 0 Å². The number of carbonyl (C=O) groups is 1. The number of fused-ring (bicyclic) bond motifs is 1. The molecule has 0 saturated carbocycles. The minimum absolute atomic E-state index is 0.0654. The molecule has 0 aromatic carbocycles. The fraction of sp³-hybridized carbons (Fsp3) is 0.500. The van der Waals surface area contributed by atoms with E-state index in [0.717, 1.165) is 51.5 Å². The molecule has 2 aliphatic rings. The summed E-state index contributed by atoms with van der Waals surface area (Å²) in [6.07, 6.45) is 5.08. The normalized spacial score (nSPS) is 21.2. The van der Waals surface area contributed by atoms with Gasteiger partial charge in [0.15, 0.2) is 0 Å². The van der Waals surface area contributed by atoms with Crippen molar-refractivity contribution < 1.29 is 14.1 Å². The van der Waals surface area contributed by atoms with Crippen molar-refractivity contribution in [3.8, 4) is 11.5 Å². The van der Waals surface area contributed by atoms with Crippen molar-refractivity contribution in [2.75, 3.05) is 45.9 Å². The fourth-order valence-corrected chi connectivity index (χ4v) is 3.97. The summed E-state index contributed by atoms with van der Waals surface area (Å²) in [6, 6.07) is 5.83. The third kappa shape index (κ3) is 3.88. The van der Waals surface area contributed by atoms with Crippen LogP contribution in [0, 0.1) is 0 Å². The van der Waals surface area contributed by atoms with Gasteiger partial charge < -0.3 is 18.6 Å². The number of hydrogen-bond donors (Lipinski definition) is 0. The largest absolute Gasteiger partial charge is 0.379 e. The summed E-state index contributed by atoms with van der Waals surface area (Å²) in [5.74, 6) is 1.34. The Bertz CT molecular complexity index is 960. The SMILES string of the molecule is O=C1CCC(c2nc(-c3cn4ccccc4n3)no2)CN1CCN1CCOCC1. The first-order valence-electron chi connectivity index (χ1n) is 10.1. The van der Waals surface area contributed by atoms with E-state index in [1.165, 1.54) is 0 Å². The van der Waals surface area contributed by atoms with Gasteiger partial charge in [0, 0.05) is 51.5 Å². The number of amides is 1. The highest BCUT2D eigenvalue weighted by atomic mass is 16.5. The van der Waals surface area contributed by atoms with Crippen LogP contribution >= 0.6 is 0 Å². The molecule has 0 radical (unpaired) electrons. The molecule has 5 rings (SSSR count). The van der Waals surface area contributed by atoms with E-state index in [9.17, 15) is 4.79 Å². The molecular weight excluding hydrogens is 372 g/mol. The van der Waals surface area contributed by atoms with Crippen LogP contribution in [0.2, 0.25) is 0 Å². The van der Waals surface area contributed by atoms with Gasteiger partial charge in [0.1, 0.15) is 11.3 Å². The summed E-state index contributed by atoms with van der Waals surface area (Å²) in [6.45, 7) is 5.61. The van der Waals surface area contributed by atoms with Crippen LogP contribution in [0.3, 0.4) is 0 Å². The summed E-state index contributed by atoms with van der Waals surface area (Å²) in [5.41, 5.74) is 1.52. The molecule has 152 valence electrons. The molecule has 1 amide bonds. The molecule has 0 spiro atoms. The van der Waals surface area contributed by atoms with E-state index in [4.69, 9.17) is 9.26 Å². The molecule has 9 heteroatoms. The molecule has 3 aromatic heterocycles. The van der Waals surface area contributed by atoms with Gasteiger partial charge in [0.2, 0.25) is 17.6 Å². The van der Waals surface area contributed by atoms with Crippen LogP contribution in [0.4, 0.5) is 0 Å². The van der Waals surface area contributed by atoms with Gasteiger partial charge in [0.05, 0.1) is 19.1 Å². The molecule has 2 saturated heterocycles. The summed E-state index contributed by atoms with van der Waals surface area (Å²) in [5, 5.41) is 4.13. The Morgan fingerprint density at radius 3 is 2.90 bits per heavy atom. The Morgan fingerprint density at radius 2 is 2.03 bits per heavy atom. The van der Waals surface area contributed by atoms with Gasteiger partial charge in [-0.25, -0.2) is 4.98 Å². The van der Waals surface area contributed by atoms with Gasteiger partial charge in [-0.1, -0.05) is 11.2 Å². The Hall–Kier alpha value is -2.78. The van der Waals surface area contributed by atoms with Crippen LogP contribution in [0.5, 0.6) is 0 Å². The number of rotatable bonds is 5. The second-order valence-corrected chi connectivity index (χ2v) is 7.58. The number of imidazole rings is 1. The number of likely N-dealkylation sites (tertiary alicyclic amines) is 1. The second kappa shape index (κ2) is 7.92. The Morgan fingerprint density at radius 1 is 1.14 bits per heavy atom. The maximum absolute atomic E-state index is 12.4. The topological polar surface area (TPSA) is 89.0 Å². The average molecular weight is 396 g/mol. The quantitative estimate of drug-likeness (QED) is 0.644. The number of hydrogen-bond acceptors (Lipinski definition) is 7. The van der Waals surface area contributed by atoms with Crippen molar-refractivity contribution >= 4 is 11.6 Å². The molecule has 3 aromatic rings. The maximum atomic E-state index is 12.4. The predicted octanol–water partition coefficient (Wildman–Crippen LogP) is 1.42. The van der Waals surface area contributed by atoms with Crippen molar-refractivity contribution in [3.63, 3.8) is 0 Å². The van der Waals surface area contributed by atoms with Crippen LogP contribution in [-0.4, -0.2) is 81.2 Å². The zero-order chi connectivity index (χ0) is 19.6. The molecule has 9 nitrogen and oxygen atoms in total. The van der Waals surface area contributed by atoms with Gasteiger partial charge in [-0.3, -0.25) is 9.69 Å². The van der Waals surface area contributed by atoms with Crippen LogP contribution in [0.1, 0.15) is 24.7 Å². The third-order valence-corrected chi connectivity index (χ3v) is 5.67. The minimum Gasteiger partial charge on any atom is -0.379 e. The number of piperidine rings is 1. The molecule has 29 heavy (non-hydrogen) atoms. The van der Waals surface area contributed by atoms with E-state index in [-0.39, 0.29) is 11.8 Å². The van der Waals surface area contributed by atoms with E-state index in [0.29, 0.717) is 30.4 Å². The van der Waals surface area contributed by atoms with Crippen LogP contribution in [0.25, 0.3) is 17.2 Å². The molecule has 5 heterocycles. The highest BCUT2D eigenvalue weighted by Gasteiger charge is 2.31. The van der Waals surface area contributed by atoms with E-state index < -0.39 is 0 Å². The first-order valence-corrected chi connectivity index (χ1v) is 10.1. The summed E-state index contributed by atoms with van der Waals surface area (Å²) >= 11 is 0. The van der Waals surface area contributed by atoms with Crippen LogP contribution in [-0.2, 0) is 9.53 Å². The summed E-state index contributed by atoms with van der Waals surface area (Å²) < 4.78 is 12.9. The maximum Gasteiger partial charge on any atom is 0.231 e. The van der Waals surface area contributed by atoms with Crippen molar-refractivity contribution in [2.45, 2.75) is 18.8 Å². The predicted molar refractivity (Wildman–Crippen MR) is 104 cm³/mol. The van der Waals surface area contributed by atoms with Crippen molar-refractivity contribution in [1.82, 2.24) is 29.3 Å². The smallest absolute Gasteiger partial charge is 0.231 e. The Kier molecular flexibility index (Phi) is 4.99. The molecule has 0 aliphatic carbocycles. The zero-order valence-electron chi connectivity index (χ0n) is 16.2. The summed E-state index contributed by atoms with van der Waals surface area (Å²) in [7, 11) is 0. The summed E-state index contributed by atoms with van der Waals surface area (Å²) in [4.78, 5) is 25.8. The molecule has 0 bridgehead atoms. The Balaban J connectivity index is 1.26. The van der Waals surface area contributed by atoms with Gasteiger partial charge in [-0.15, -0.1) is 0 Å². The monoisotopic (exact) mass is 396 g/mol. The lowest BCUT2D eigenvalue weighted by molar-refractivity contribution is -0.134. The van der Waals surface area contributed by atoms with Crippen LogP contribution in [0.15, 0.2) is 35.1 Å². The van der Waals surface area contributed by atoms with Crippen molar-refractivity contribution in [2.24, 2.45) is 0 Å². The number of morpholine rings is 1. The number of pyridine rings is 1. The zero-order valence-corrected chi connectivity index (χ0v) is 16.2. The number of carbonyl (C=O) groups excluding carboxylic acids is 1. The molecule has 2 aliphatic heterocycles. The molecule has 2 fully saturated rings. The standard InChI is InChI=1S/C20H24N6O3/c27-18-5-4-15(13-26(18)8-7-24-9-11-28-12-10-24)20-22-19(23-29-20)16-14-25-6-2-1-3-17(25)21-16/h1-3,6,14-15H,4-5,7-13H2. The highest BCUT2D eigenvalue weighted by Crippen LogP contribution is 2.28. The van der Waals surface area contributed by atoms with Crippen molar-refractivity contribution in [3.05, 3.63) is 36.5 Å². The average Bonchev–Trinajstić information content (AvgIpc) is 3.41. The fourth-order valence-electron chi connectivity index (χ4n) is 3.97. The Labute approximate surface area is 168 Å². The van der Waals surface area contributed by atoms with E-state index in [1.54, 1.807) is 0 Å². The minimum atomic E-state index is 0.0654. The number of ether oxygens (including phenoxy) is 1. The number of nitrogens with zero attached hydrogens (tertiary/aromatic N) is 6. The first-order chi connectivity index (χ1) is 14.3. The van der Waals surface area contributed by atoms with Gasteiger partial charge in [-0.2, -0.15) is 4.98 Å². The molecule has 1 atom stereocenters. The lowest BCUT2D eigenvalue weighted by Gasteiger charge is -2.34. The highest BCUT2D eigenvalue weighted by molar-refractivity contribution is 5.77. The number of aromatic nitrogens is 4. The molecular formula is C20H24N6O3. The lowest BCUT2D eigenvalue weighted by Crippen LogP contribution is -2.45. The van der Waals surface area contributed by atoms with Gasteiger partial charge in [0.25, 0.3) is 0 Å². The first kappa shape index (κ1) is 18.3. The van der Waals surface area contributed by atoms with E-state index in [1.807, 2.05) is 39.9 Å². The van der Waals surface area contributed by atoms with E-state index in [2.05, 4.69) is 20.0 Å². The lowest BCUT2D eigenvalue weighted by atomic mass is 9.97. The molecule has 0 N–H and O–H groups in total. The van der Waals surface area contributed by atoms with Gasteiger partial charge in [-0.05, 0) is 18.6 Å². The second-order valence-electron chi connectivity index (χ2n) is 7.58. The van der Waals surface area contributed by atoms with Crippen LogP contribution < -0.4 is 0 Å².